The molecule has 1 aliphatic heterocycles. The van der Waals surface area contributed by atoms with Gasteiger partial charge in [0.2, 0.25) is 0 Å². The molecular weight excluding hydrogens is 276 g/mol. The molecule has 2 rings (SSSR count). The minimum Gasteiger partial charge on any atom is -0.506 e. The average molecular weight is 285 g/mol. The van der Waals surface area contributed by atoms with Crippen LogP contribution in [0.4, 0.5) is 4.79 Å². The van der Waals surface area contributed by atoms with Gasteiger partial charge in [0.05, 0.1) is 11.1 Å². The molecule has 4 nitrogen and oxygen atoms in total. The lowest BCUT2D eigenvalue weighted by atomic mass is 10.1. The van der Waals surface area contributed by atoms with E-state index in [9.17, 15) is 9.90 Å². The highest BCUT2D eigenvalue weighted by Gasteiger charge is 2.27. The molecular formula is C9H8Cl3NO3. The number of phenols is 1. The summed E-state index contributed by atoms with van der Waals surface area (Å²) in [6.45, 7) is 0.156. The van der Waals surface area contributed by atoms with Gasteiger partial charge in [0.25, 0.3) is 0 Å². The van der Waals surface area contributed by atoms with Crippen LogP contribution in [-0.4, -0.2) is 17.8 Å². The zero-order valence-electron chi connectivity index (χ0n) is 7.87. The third kappa shape index (κ3) is 2.45. The van der Waals surface area contributed by atoms with Crippen LogP contribution in [0.15, 0.2) is 12.1 Å². The molecule has 0 saturated carbocycles. The Morgan fingerprint density at radius 2 is 2.12 bits per heavy atom. The van der Waals surface area contributed by atoms with E-state index in [-0.39, 0.29) is 29.8 Å². The van der Waals surface area contributed by atoms with E-state index >= 15 is 0 Å². The highest BCUT2D eigenvalue weighted by Crippen LogP contribution is 2.35. The number of amides is 1. The number of hydrogen-bond acceptors (Lipinski definition) is 3. The van der Waals surface area contributed by atoms with Crippen molar-refractivity contribution in [3.05, 3.63) is 27.7 Å². The molecule has 1 aliphatic rings. The number of phenolic OH excluding ortho intramolecular Hbond substituents is 1. The quantitative estimate of drug-likeness (QED) is 0.833. The number of alkyl carbamates (subject to hydrolysis) is 1. The van der Waals surface area contributed by atoms with E-state index in [0.717, 1.165) is 0 Å². The maximum atomic E-state index is 10.8. The Bertz CT molecular complexity index is 425. The van der Waals surface area contributed by atoms with Gasteiger partial charge in [-0.15, -0.1) is 12.4 Å². The van der Waals surface area contributed by atoms with Gasteiger partial charge in [0.15, 0.2) is 0 Å². The van der Waals surface area contributed by atoms with E-state index in [1.165, 1.54) is 6.07 Å². The standard InChI is InChI=1S/C9H7Cl2NO3.ClH/c10-4-1-5(8(13)6(11)2-4)7-3-15-9(14)12-7;/h1-2,7,13H,3H2,(H,12,14);1H/t7-;/m0./s1. The Morgan fingerprint density at radius 3 is 2.69 bits per heavy atom. The van der Waals surface area contributed by atoms with Crippen LogP contribution in [0.5, 0.6) is 5.75 Å². The smallest absolute Gasteiger partial charge is 0.407 e. The van der Waals surface area contributed by atoms with Crippen molar-refractivity contribution in [3.63, 3.8) is 0 Å². The first-order valence-corrected chi connectivity index (χ1v) is 4.94. The minimum absolute atomic E-state index is 0. The van der Waals surface area contributed by atoms with Gasteiger partial charge in [-0.1, -0.05) is 23.2 Å². The fraction of sp³-hybridized carbons (Fsp3) is 0.222. The molecule has 1 saturated heterocycles. The number of ether oxygens (including phenoxy) is 1. The van der Waals surface area contributed by atoms with Gasteiger partial charge in [-0.2, -0.15) is 0 Å². The molecule has 1 fully saturated rings. The summed E-state index contributed by atoms with van der Waals surface area (Å²) in [6, 6.07) is 2.57. The van der Waals surface area contributed by atoms with Crippen molar-refractivity contribution in [2.45, 2.75) is 6.04 Å². The Balaban J connectivity index is 0.00000128. The number of carbonyl (C=O) groups is 1. The van der Waals surface area contributed by atoms with Gasteiger partial charge in [0.1, 0.15) is 12.4 Å². The predicted molar refractivity (Wildman–Crippen MR) is 62.6 cm³/mol. The second-order valence-electron chi connectivity index (χ2n) is 3.12. The van der Waals surface area contributed by atoms with Crippen molar-refractivity contribution in [3.8, 4) is 5.75 Å². The molecule has 7 heteroatoms. The van der Waals surface area contributed by atoms with E-state index in [1.807, 2.05) is 0 Å². The third-order valence-electron chi connectivity index (χ3n) is 2.11. The molecule has 1 heterocycles. The van der Waals surface area contributed by atoms with Crippen LogP contribution < -0.4 is 5.32 Å². The molecule has 1 aromatic rings. The maximum Gasteiger partial charge on any atom is 0.407 e. The van der Waals surface area contributed by atoms with Gasteiger partial charge in [-0.05, 0) is 12.1 Å². The summed E-state index contributed by atoms with van der Waals surface area (Å²) in [7, 11) is 0. The number of hydrogen-bond donors (Lipinski definition) is 2. The molecule has 2 N–H and O–H groups in total. The molecule has 0 radical (unpaired) electrons. The summed E-state index contributed by atoms with van der Waals surface area (Å²) < 4.78 is 4.71. The predicted octanol–water partition coefficient (Wildman–Crippen LogP) is 2.90. The number of aromatic hydroxyl groups is 1. The molecule has 0 bridgehead atoms. The number of benzene rings is 1. The molecule has 0 unspecified atom stereocenters. The van der Waals surface area contributed by atoms with Crippen molar-refractivity contribution in [2.75, 3.05) is 6.61 Å². The van der Waals surface area contributed by atoms with E-state index in [1.54, 1.807) is 6.07 Å². The number of nitrogens with one attached hydrogen (secondary N) is 1. The lowest BCUT2D eigenvalue weighted by Gasteiger charge is -2.11. The maximum absolute atomic E-state index is 10.8. The Labute approximate surface area is 108 Å². The molecule has 88 valence electrons. The van der Waals surface area contributed by atoms with Crippen LogP contribution in [0.3, 0.4) is 0 Å². The van der Waals surface area contributed by atoms with Crippen LogP contribution in [0, 0.1) is 0 Å². The zero-order chi connectivity index (χ0) is 11.0. The molecule has 1 atom stereocenters. The normalized spacial score (nSPS) is 18.6. The van der Waals surface area contributed by atoms with Crippen molar-refractivity contribution in [1.82, 2.24) is 5.32 Å². The molecule has 0 spiro atoms. The minimum atomic E-state index is -0.518. The van der Waals surface area contributed by atoms with E-state index in [2.05, 4.69) is 5.32 Å². The molecule has 16 heavy (non-hydrogen) atoms. The van der Waals surface area contributed by atoms with Gasteiger partial charge in [-0.3, -0.25) is 0 Å². The number of halogens is 3. The number of cyclic esters (lactones) is 1. The summed E-state index contributed by atoms with van der Waals surface area (Å²) in [5.74, 6) is -0.0862. The summed E-state index contributed by atoms with van der Waals surface area (Å²) in [5.41, 5.74) is 0.457. The average Bonchev–Trinajstić information content (AvgIpc) is 2.58. The van der Waals surface area contributed by atoms with Crippen molar-refractivity contribution < 1.29 is 14.6 Å². The van der Waals surface area contributed by atoms with E-state index in [0.29, 0.717) is 10.6 Å². The monoisotopic (exact) mass is 283 g/mol. The van der Waals surface area contributed by atoms with E-state index in [4.69, 9.17) is 27.9 Å². The van der Waals surface area contributed by atoms with Crippen molar-refractivity contribution >= 4 is 41.7 Å². The lowest BCUT2D eigenvalue weighted by Crippen LogP contribution is -2.18. The van der Waals surface area contributed by atoms with Gasteiger partial charge >= 0.3 is 6.09 Å². The molecule has 0 aliphatic carbocycles. The van der Waals surface area contributed by atoms with Crippen LogP contribution >= 0.6 is 35.6 Å². The zero-order valence-corrected chi connectivity index (χ0v) is 10.2. The van der Waals surface area contributed by atoms with Crippen molar-refractivity contribution in [2.24, 2.45) is 0 Å². The van der Waals surface area contributed by atoms with Crippen LogP contribution in [0.2, 0.25) is 10.0 Å². The van der Waals surface area contributed by atoms with Gasteiger partial charge in [-0.25, -0.2) is 4.79 Å². The fourth-order valence-corrected chi connectivity index (χ4v) is 1.91. The Hall–Kier alpha value is -0.840. The summed E-state index contributed by atoms with van der Waals surface area (Å²) in [5, 5.41) is 12.7. The highest BCUT2D eigenvalue weighted by atomic mass is 35.5. The first kappa shape index (κ1) is 13.2. The van der Waals surface area contributed by atoms with Gasteiger partial charge < -0.3 is 15.2 Å². The molecule has 1 aromatic carbocycles. The summed E-state index contributed by atoms with van der Waals surface area (Å²) >= 11 is 11.5. The van der Waals surface area contributed by atoms with Crippen LogP contribution in [0.1, 0.15) is 11.6 Å². The highest BCUT2D eigenvalue weighted by molar-refractivity contribution is 6.35. The number of rotatable bonds is 1. The first-order valence-electron chi connectivity index (χ1n) is 4.19. The molecule has 1 amide bonds. The SMILES string of the molecule is Cl.O=C1N[C@H](c2cc(Cl)cc(Cl)c2O)CO1. The Morgan fingerprint density at radius 1 is 1.44 bits per heavy atom. The van der Waals surface area contributed by atoms with E-state index < -0.39 is 12.1 Å². The van der Waals surface area contributed by atoms with Crippen LogP contribution in [0.25, 0.3) is 0 Å². The largest absolute Gasteiger partial charge is 0.506 e. The van der Waals surface area contributed by atoms with Crippen LogP contribution in [-0.2, 0) is 4.74 Å². The van der Waals surface area contributed by atoms with Crippen molar-refractivity contribution in [1.29, 1.82) is 0 Å². The molecule has 0 aromatic heterocycles. The summed E-state index contributed by atoms with van der Waals surface area (Å²) in [6.07, 6.45) is -0.518. The number of carbonyl (C=O) groups excluding carboxylic acids is 1. The second-order valence-corrected chi connectivity index (χ2v) is 3.96. The first-order chi connectivity index (χ1) is 7.08. The lowest BCUT2D eigenvalue weighted by molar-refractivity contribution is 0.177. The topological polar surface area (TPSA) is 58.6 Å². The van der Waals surface area contributed by atoms with Gasteiger partial charge in [0, 0.05) is 10.6 Å². The summed E-state index contributed by atoms with van der Waals surface area (Å²) in [4.78, 5) is 10.8. The second kappa shape index (κ2) is 4.99. The third-order valence-corrected chi connectivity index (χ3v) is 2.61. The Kier molecular flexibility index (Phi) is 4.13. The fourth-order valence-electron chi connectivity index (χ4n) is 1.40.